The summed E-state index contributed by atoms with van der Waals surface area (Å²) < 4.78 is 50.3. The predicted octanol–water partition coefficient (Wildman–Crippen LogP) is 7.55. The van der Waals surface area contributed by atoms with E-state index in [9.17, 15) is 4.79 Å². The second-order valence-electron chi connectivity index (χ2n) is 8.72. The number of fused-ring (bicyclic) bond motifs is 1. The molecule has 1 atom stereocenters. The average molecular weight is 523 g/mol. The summed E-state index contributed by atoms with van der Waals surface area (Å²) in [5, 5.41) is 2.43. The molecule has 0 bridgehead atoms. The van der Waals surface area contributed by atoms with E-state index in [2.05, 4.69) is 5.32 Å². The summed E-state index contributed by atoms with van der Waals surface area (Å²) in [5.41, 5.74) is -0.547. The molecule has 8 heteroatoms. The van der Waals surface area contributed by atoms with Crippen LogP contribution >= 0.6 is 11.6 Å². The van der Waals surface area contributed by atoms with Crippen LogP contribution < -0.4 is 15.0 Å². The van der Waals surface area contributed by atoms with Gasteiger partial charge in [-0.25, -0.2) is 4.79 Å². The number of hydrogen-bond donors (Lipinski definition) is 1. The van der Waals surface area contributed by atoms with Gasteiger partial charge in [0.2, 0.25) is 0 Å². The minimum Gasteiger partial charge on any atom is -0.497 e. The number of rotatable bonds is 5. The maximum Gasteiger partial charge on any atom is 0.420 e. The maximum atomic E-state index is 15.0. The summed E-state index contributed by atoms with van der Waals surface area (Å²) in [7, 11) is 1.54. The van der Waals surface area contributed by atoms with Crippen LogP contribution in [0.5, 0.6) is 5.75 Å². The molecule has 5 rings (SSSR count). The highest BCUT2D eigenvalue weighted by Gasteiger charge is 2.62. The van der Waals surface area contributed by atoms with Gasteiger partial charge in [-0.1, -0.05) is 78.3 Å². The second-order valence-corrected chi connectivity index (χ2v) is 9.15. The third kappa shape index (κ3) is 4.40. The highest BCUT2D eigenvalue weighted by atomic mass is 35.5. The Morgan fingerprint density at radius 2 is 1.54 bits per heavy atom. The van der Waals surface area contributed by atoms with E-state index in [4.69, 9.17) is 16.3 Å². The van der Waals surface area contributed by atoms with E-state index in [1.165, 1.54) is 42.3 Å². The minimum atomic E-state index is -4.86. The van der Waals surface area contributed by atoms with Crippen molar-refractivity contribution in [2.45, 2.75) is 18.3 Å². The fourth-order valence-corrected chi connectivity index (χ4v) is 4.85. The van der Waals surface area contributed by atoms with Gasteiger partial charge in [-0.3, -0.25) is 4.90 Å². The molecule has 0 aromatic heterocycles. The molecule has 1 aliphatic rings. The highest BCUT2D eigenvalue weighted by molar-refractivity contribution is 6.30. The number of ether oxygens (including phenoxy) is 1. The number of alkyl halides is 3. The van der Waals surface area contributed by atoms with Gasteiger partial charge in [0.1, 0.15) is 5.75 Å². The van der Waals surface area contributed by atoms with Crippen molar-refractivity contribution in [1.29, 1.82) is 0 Å². The molecule has 4 aromatic carbocycles. The largest absolute Gasteiger partial charge is 0.497 e. The first-order valence-corrected chi connectivity index (χ1v) is 11.9. The number of urea groups is 1. The van der Waals surface area contributed by atoms with E-state index in [0.717, 1.165) is 16.7 Å². The predicted molar refractivity (Wildman–Crippen MR) is 138 cm³/mol. The Kier molecular flexibility index (Phi) is 6.33. The number of nitrogens with one attached hydrogen (secondary N) is 1. The van der Waals surface area contributed by atoms with Crippen molar-refractivity contribution in [2.24, 2.45) is 0 Å². The molecular weight excluding hydrogens is 501 g/mol. The van der Waals surface area contributed by atoms with Crippen molar-refractivity contribution in [1.82, 2.24) is 5.32 Å². The van der Waals surface area contributed by atoms with Crippen molar-refractivity contribution in [3.8, 4) is 16.9 Å². The van der Waals surface area contributed by atoms with Crippen LogP contribution in [0.3, 0.4) is 0 Å². The van der Waals surface area contributed by atoms with Gasteiger partial charge in [-0.05, 0) is 52.6 Å². The highest BCUT2D eigenvalue weighted by Crippen LogP contribution is 2.50. The number of carbonyl (C=O) groups is 1. The molecule has 0 radical (unpaired) electrons. The van der Waals surface area contributed by atoms with Gasteiger partial charge in [-0.15, -0.1) is 0 Å². The first-order chi connectivity index (χ1) is 17.7. The number of amides is 2. The lowest BCUT2D eigenvalue weighted by Crippen LogP contribution is -2.63. The van der Waals surface area contributed by atoms with Crippen LogP contribution in [0.15, 0.2) is 97.1 Å². The zero-order valence-corrected chi connectivity index (χ0v) is 20.5. The number of halogens is 4. The Morgan fingerprint density at radius 1 is 0.892 bits per heavy atom. The van der Waals surface area contributed by atoms with E-state index >= 15 is 13.2 Å². The Labute approximate surface area is 217 Å². The number of hydrogen-bond acceptors (Lipinski definition) is 2. The van der Waals surface area contributed by atoms with Gasteiger partial charge in [-0.2, -0.15) is 13.2 Å². The lowest BCUT2D eigenvalue weighted by atomic mass is 9.79. The number of nitrogens with zero attached hydrogens (tertiary/aromatic N) is 1. The molecule has 4 nitrogen and oxygen atoms in total. The fraction of sp³-hybridized carbons (Fsp3) is 0.138. The molecule has 1 aliphatic heterocycles. The molecule has 4 aromatic rings. The number of carbonyl (C=O) groups excluding carboxylic acids is 1. The molecule has 37 heavy (non-hydrogen) atoms. The van der Waals surface area contributed by atoms with Crippen LogP contribution in [0, 0.1) is 0 Å². The van der Waals surface area contributed by atoms with Gasteiger partial charge in [0, 0.05) is 10.6 Å². The van der Waals surface area contributed by atoms with Crippen LogP contribution in [0.1, 0.15) is 16.7 Å². The van der Waals surface area contributed by atoms with E-state index < -0.39 is 17.7 Å². The van der Waals surface area contributed by atoms with Gasteiger partial charge >= 0.3 is 12.2 Å². The summed E-state index contributed by atoms with van der Waals surface area (Å²) in [4.78, 5) is 14.6. The van der Waals surface area contributed by atoms with Crippen molar-refractivity contribution in [2.75, 3.05) is 12.0 Å². The number of anilines is 1. The quantitative estimate of drug-likeness (QED) is 0.294. The van der Waals surface area contributed by atoms with Crippen molar-refractivity contribution in [3.63, 3.8) is 0 Å². The topological polar surface area (TPSA) is 41.6 Å². The number of methoxy groups -OCH3 is 1. The van der Waals surface area contributed by atoms with Gasteiger partial charge < -0.3 is 10.1 Å². The maximum absolute atomic E-state index is 15.0. The standard InChI is InChI=1S/C29H22ClF3N2O2/c1-37-24-14-7-19(8-15-24)18-35-26-16-13-23(30)17-25(26)28(29(31,32)33,34-27(35)36)22-11-9-21(10-12-22)20-5-3-2-4-6-20/h2-17H,18H2,1H3,(H,34,36)/t28-/m1/s1. The second kappa shape index (κ2) is 9.48. The van der Waals surface area contributed by atoms with Gasteiger partial charge in [0.05, 0.1) is 19.3 Å². The molecule has 0 saturated heterocycles. The zero-order valence-electron chi connectivity index (χ0n) is 19.7. The van der Waals surface area contributed by atoms with E-state index in [-0.39, 0.29) is 28.4 Å². The fourth-order valence-electron chi connectivity index (χ4n) is 4.68. The normalized spacial score (nSPS) is 17.2. The molecule has 2 amide bonds. The summed E-state index contributed by atoms with van der Waals surface area (Å²) in [6, 6.07) is 25.7. The molecule has 0 aliphatic carbocycles. The number of benzene rings is 4. The Balaban J connectivity index is 1.62. The van der Waals surface area contributed by atoms with Gasteiger partial charge in [0.15, 0.2) is 5.54 Å². The molecule has 0 fully saturated rings. The Morgan fingerprint density at radius 3 is 2.16 bits per heavy atom. The first-order valence-electron chi connectivity index (χ1n) is 11.5. The van der Waals surface area contributed by atoms with Crippen LogP contribution in [0.2, 0.25) is 5.02 Å². The van der Waals surface area contributed by atoms with E-state index in [1.807, 2.05) is 30.3 Å². The lowest BCUT2D eigenvalue weighted by Gasteiger charge is -2.45. The SMILES string of the molecule is COc1ccc(CN2C(=O)N[C@@](c3ccc(-c4ccccc4)cc3)(C(F)(F)F)c3cc(Cl)ccc32)cc1. The zero-order chi connectivity index (χ0) is 26.2. The Hall–Kier alpha value is -3.97. The van der Waals surface area contributed by atoms with Crippen LogP contribution in [-0.2, 0) is 12.1 Å². The van der Waals surface area contributed by atoms with Crippen molar-refractivity contribution >= 4 is 23.3 Å². The van der Waals surface area contributed by atoms with Crippen LogP contribution in [-0.4, -0.2) is 19.3 Å². The van der Waals surface area contributed by atoms with E-state index in [1.54, 1.807) is 36.4 Å². The molecule has 1 N–H and O–H groups in total. The summed E-state index contributed by atoms with van der Waals surface area (Å²) in [6.45, 7) is 0.0609. The Bertz CT molecular complexity index is 1420. The summed E-state index contributed by atoms with van der Waals surface area (Å²) >= 11 is 6.21. The minimum absolute atomic E-state index is 0.0609. The molecule has 0 saturated carbocycles. The summed E-state index contributed by atoms with van der Waals surface area (Å²) in [5.74, 6) is 0.633. The average Bonchev–Trinajstić information content (AvgIpc) is 2.90. The lowest BCUT2D eigenvalue weighted by molar-refractivity contribution is -0.184. The monoisotopic (exact) mass is 522 g/mol. The smallest absolute Gasteiger partial charge is 0.420 e. The molecule has 188 valence electrons. The molecule has 0 unspecified atom stereocenters. The molecular formula is C29H22ClF3N2O2. The first kappa shape index (κ1) is 24.7. The van der Waals surface area contributed by atoms with E-state index in [0.29, 0.717) is 5.75 Å². The van der Waals surface area contributed by atoms with Crippen LogP contribution in [0.4, 0.5) is 23.7 Å². The van der Waals surface area contributed by atoms with Crippen molar-refractivity contribution in [3.05, 3.63) is 119 Å². The molecule has 0 spiro atoms. The van der Waals surface area contributed by atoms with Crippen molar-refractivity contribution < 1.29 is 22.7 Å². The van der Waals surface area contributed by atoms with Gasteiger partial charge in [0.25, 0.3) is 0 Å². The third-order valence-electron chi connectivity index (χ3n) is 6.54. The summed E-state index contributed by atoms with van der Waals surface area (Å²) in [6.07, 6.45) is -4.86. The third-order valence-corrected chi connectivity index (χ3v) is 6.78. The molecule has 1 heterocycles. The van der Waals surface area contributed by atoms with Crippen LogP contribution in [0.25, 0.3) is 11.1 Å².